The summed E-state index contributed by atoms with van der Waals surface area (Å²) in [6.07, 6.45) is 2.99. The maximum atomic E-state index is 11.9. The van der Waals surface area contributed by atoms with Crippen LogP contribution in [0.1, 0.15) is 26.2 Å². The number of piperidine rings is 1. The van der Waals surface area contributed by atoms with Crippen LogP contribution in [0.5, 0.6) is 0 Å². The monoisotopic (exact) mass is 253 g/mol. The Kier molecular flexibility index (Phi) is 4.58. The van der Waals surface area contributed by atoms with Gasteiger partial charge in [-0.15, -0.1) is 0 Å². The first-order chi connectivity index (χ1) is 8.66. The van der Waals surface area contributed by atoms with E-state index in [0.717, 1.165) is 32.4 Å². The number of hydrogen-bond acceptors (Lipinski definition) is 3. The van der Waals surface area contributed by atoms with Gasteiger partial charge in [-0.25, -0.2) is 0 Å². The minimum Gasteiger partial charge on any atom is -0.354 e. The fraction of sp³-hybridized carbons (Fsp3) is 0.846. The lowest BCUT2D eigenvalue weighted by Gasteiger charge is -2.26. The molecule has 1 saturated carbocycles. The lowest BCUT2D eigenvalue weighted by atomic mass is 9.91. The number of carbonyl (C=O) groups is 2. The predicted molar refractivity (Wildman–Crippen MR) is 68.9 cm³/mol. The topological polar surface area (TPSA) is 70.2 Å². The van der Waals surface area contributed by atoms with Gasteiger partial charge < -0.3 is 16.0 Å². The smallest absolute Gasteiger partial charge is 0.224 e. The van der Waals surface area contributed by atoms with Gasteiger partial charge in [0.05, 0.1) is 5.92 Å². The summed E-state index contributed by atoms with van der Waals surface area (Å²) >= 11 is 0. The molecule has 1 aliphatic heterocycles. The van der Waals surface area contributed by atoms with Crippen molar-refractivity contribution >= 4 is 11.8 Å². The van der Waals surface area contributed by atoms with Crippen LogP contribution in [0.4, 0.5) is 0 Å². The van der Waals surface area contributed by atoms with Gasteiger partial charge in [-0.05, 0) is 31.7 Å². The molecule has 2 aliphatic rings. The molecule has 2 fully saturated rings. The van der Waals surface area contributed by atoms with Crippen LogP contribution in [0.3, 0.4) is 0 Å². The lowest BCUT2D eigenvalue weighted by Crippen LogP contribution is -2.45. The van der Waals surface area contributed by atoms with Crippen molar-refractivity contribution in [2.24, 2.45) is 17.8 Å². The van der Waals surface area contributed by atoms with E-state index in [2.05, 4.69) is 22.9 Å². The predicted octanol–water partition coefficient (Wildman–Crippen LogP) is -0.126. The van der Waals surface area contributed by atoms with E-state index in [4.69, 9.17) is 0 Å². The summed E-state index contributed by atoms with van der Waals surface area (Å²) in [5.41, 5.74) is 0. The summed E-state index contributed by atoms with van der Waals surface area (Å²) in [5, 5.41) is 9.00. The Hall–Kier alpha value is -1.10. The standard InChI is InChI=1S/C13H23N3O2/c1-9-6-11(8-14-7-9)13(18)16-5-4-15-12(17)10-2-3-10/h9-11,14H,2-8H2,1H3,(H,15,17)(H,16,18). The first kappa shape index (κ1) is 13.3. The summed E-state index contributed by atoms with van der Waals surface area (Å²) < 4.78 is 0. The molecular formula is C13H23N3O2. The second kappa shape index (κ2) is 6.18. The van der Waals surface area contributed by atoms with E-state index in [1.165, 1.54) is 0 Å². The highest BCUT2D eigenvalue weighted by molar-refractivity contribution is 5.81. The van der Waals surface area contributed by atoms with Crippen molar-refractivity contribution < 1.29 is 9.59 Å². The SMILES string of the molecule is CC1CNCC(C(=O)NCCNC(=O)C2CC2)C1. The van der Waals surface area contributed by atoms with Crippen molar-refractivity contribution in [3.63, 3.8) is 0 Å². The molecule has 5 heteroatoms. The average Bonchev–Trinajstić information content (AvgIpc) is 3.18. The zero-order chi connectivity index (χ0) is 13.0. The van der Waals surface area contributed by atoms with Crippen molar-refractivity contribution in [1.29, 1.82) is 0 Å². The largest absolute Gasteiger partial charge is 0.354 e. The highest BCUT2D eigenvalue weighted by Gasteiger charge is 2.29. The van der Waals surface area contributed by atoms with Gasteiger partial charge in [-0.1, -0.05) is 6.92 Å². The van der Waals surface area contributed by atoms with Gasteiger partial charge in [0, 0.05) is 25.6 Å². The third kappa shape index (κ3) is 3.98. The fourth-order valence-electron chi connectivity index (χ4n) is 2.36. The molecule has 5 nitrogen and oxygen atoms in total. The van der Waals surface area contributed by atoms with E-state index < -0.39 is 0 Å². The number of nitrogens with one attached hydrogen (secondary N) is 3. The van der Waals surface area contributed by atoms with Gasteiger partial charge in [-0.2, -0.15) is 0 Å². The van der Waals surface area contributed by atoms with Crippen molar-refractivity contribution in [3.8, 4) is 0 Å². The molecule has 1 heterocycles. The Morgan fingerprint density at radius 3 is 2.22 bits per heavy atom. The summed E-state index contributed by atoms with van der Waals surface area (Å²) in [7, 11) is 0. The Bertz CT molecular complexity index is 315. The van der Waals surface area contributed by atoms with E-state index in [0.29, 0.717) is 19.0 Å². The van der Waals surface area contributed by atoms with E-state index in [-0.39, 0.29) is 23.7 Å². The summed E-state index contributed by atoms with van der Waals surface area (Å²) in [6, 6.07) is 0. The fourth-order valence-corrected chi connectivity index (χ4v) is 2.36. The molecule has 0 spiro atoms. The van der Waals surface area contributed by atoms with Crippen molar-refractivity contribution in [3.05, 3.63) is 0 Å². The molecule has 102 valence electrons. The van der Waals surface area contributed by atoms with Gasteiger partial charge in [0.1, 0.15) is 0 Å². The molecule has 0 aromatic carbocycles. The number of rotatable bonds is 5. The third-order valence-electron chi connectivity index (χ3n) is 3.61. The van der Waals surface area contributed by atoms with Gasteiger partial charge in [0.25, 0.3) is 0 Å². The first-order valence-corrected chi connectivity index (χ1v) is 6.93. The molecule has 2 unspecified atom stereocenters. The lowest BCUT2D eigenvalue weighted by molar-refractivity contribution is -0.126. The zero-order valence-electron chi connectivity index (χ0n) is 11.0. The number of carbonyl (C=O) groups excluding carboxylic acids is 2. The Labute approximate surface area is 108 Å². The zero-order valence-corrected chi connectivity index (χ0v) is 11.0. The van der Waals surface area contributed by atoms with Crippen LogP contribution in [0, 0.1) is 17.8 Å². The van der Waals surface area contributed by atoms with Crippen LogP contribution < -0.4 is 16.0 Å². The molecule has 0 aromatic heterocycles. The molecule has 0 aromatic rings. The molecule has 2 rings (SSSR count). The minimum absolute atomic E-state index is 0.0767. The van der Waals surface area contributed by atoms with Crippen molar-refractivity contribution in [1.82, 2.24) is 16.0 Å². The Morgan fingerprint density at radius 2 is 1.67 bits per heavy atom. The summed E-state index contributed by atoms with van der Waals surface area (Å²) in [4.78, 5) is 23.2. The van der Waals surface area contributed by atoms with E-state index >= 15 is 0 Å². The molecular weight excluding hydrogens is 230 g/mol. The second-order valence-electron chi connectivity index (χ2n) is 5.55. The Balaban J connectivity index is 1.57. The molecule has 1 aliphatic carbocycles. The molecule has 18 heavy (non-hydrogen) atoms. The van der Waals surface area contributed by atoms with Crippen LogP contribution in [-0.4, -0.2) is 38.0 Å². The molecule has 0 radical (unpaired) electrons. The minimum atomic E-state index is 0.0767. The van der Waals surface area contributed by atoms with Gasteiger partial charge in [-0.3, -0.25) is 9.59 Å². The average molecular weight is 253 g/mol. The van der Waals surface area contributed by atoms with Crippen LogP contribution in [0.2, 0.25) is 0 Å². The second-order valence-corrected chi connectivity index (χ2v) is 5.55. The molecule has 0 bridgehead atoms. The normalized spacial score (nSPS) is 27.6. The van der Waals surface area contributed by atoms with E-state index in [9.17, 15) is 9.59 Å². The third-order valence-corrected chi connectivity index (χ3v) is 3.61. The van der Waals surface area contributed by atoms with E-state index in [1.807, 2.05) is 0 Å². The maximum absolute atomic E-state index is 11.9. The van der Waals surface area contributed by atoms with Crippen LogP contribution >= 0.6 is 0 Å². The van der Waals surface area contributed by atoms with Gasteiger partial charge >= 0.3 is 0 Å². The highest BCUT2D eigenvalue weighted by atomic mass is 16.2. The summed E-state index contributed by atoms with van der Waals surface area (Å²) in [5.74, 6) is 1.12. The van der Waals surface area contributed by atoms with Crippen LogP contribution in [0.15, 0.2) is 0 Å². The highest BCUT2D eigenvalue weighted by Crippen LogP contribution is 2.28. The van der Waals surface area contributed by atoms with Gasteiger partial charge in [0.15, 0.2) is 0 Å². The van der Waals surface area contributed by atoms with Crippen LogP contribution in [-0.2, 0) is 9.59 Å². The molecule has 1 saturated heterocycles. The quantitative estimate of drug-likeness (QED) is 0.598. The van der Waals surface area contributed by atoms with Crippen molar-refractivity contribution in [2.75, 3.05) is 26.2 Å². The number of hydrogen-bond donors (Lipinski definition) is 3. The molecule has 2 atom stereocenters. The first-order valence-electron chi connectivity index (χ1n) is 6.93. The molecule has 2 amide bonds. The maximum Gasteiger partial charge on any atom is 0.224 e. The van der Waals surface area contributed by atoms with E-state index in [1.54, 1.807) is 0 Å². The van der Waals surface area contributed by atoms with Crippen LogP contribution in [0.25, 0.3) is 0 Å². The number of amides is 2. The van der Waals surface area contributed by atoms with Crippen molar-refractivity contribution in [2.45, 2.75) is 26.2 Å². The Morgan fingerprint density at radius 1 is 1.06 bits per heavy atom. The summed E-state index contributed by atoms with van der Waals surface area (Å²) in [6.45, 7) is 4.99. The molecule has 3 N–H and O–H groups in total. The van der Waals surface area contributed by atoms with Gasteiger partial charge in [0.2, 0.25) is 11.8 Å².